The fraction of sp³-hybridized carbons (Fsp3) is 0.493. The van der Waals surface area contributed by atoms with Crippen molar-refractivity contribution >= 4 is 138 Å². The summed E-state index contributed by atoms with van der Waals surface area (Å²) in [5, 5.41) is 30.3. The molecule has 45 nitrogen and oxygen atoms in total. The molecule has 11 atom stereocenters. The lowest BCUT2D eigenvalue weighted by atomic mass is 9.80. The maximum atomic E-state index is 14.0. The molecule has 19 N–H and O–H groups in total. The number of aliphatic hydroxyl groups is 2. The summed E-state index contributed by atoms with van der Waals surface area (Å²) in [6.07, 6.45) is 4.13. The monoisotopic (exact) mass is 1930 g/mol. The average Bonchev–Trinajstić information content (AvgIpc) is 1.59. The topological polar surface area (TPSA) is 689 Å². The third kappa shape index (κ3) is 28.0. The molecular weight excluding hydrogens is 1830 g/mol. The number of carbonyl (C=O) groups is 4. The number of aromatic nitrogens is 5. The molecule has 11 unspecified atom stereocenters. The van der Waals surface area contributed by atoms with Gasteiger partial charge in [-0.05, 0) is 98.5 Å². The lowest BCUT2D eigenvalue weighted by Crippen LogP contribution is -2.48. The van der Waals surface area contributed by atoms with Crippen LogP contribution in [-0.2, 0) is 105 Å². The number of benzene rings is 2. The molecule has 2 aromatic carbocycles. The number of rotatable bonds is 42. The number of anilines is 4. The van der Waals surface area contributed by atoms with E-state index in [9.17, 15) is 112 Å². The molecule has 0 radical (unpaired) electrons. The van der Waals surface area contributed by atoms with Gasteiger partial charge in [-0.15, -0.1) is 0 Å². The molecule has 9 rings (SSSR count). The Kier molecular flexibility index (Phi) is 34.4. The van der Waals surface area contributed by atoms with Crippen LogP contribution in [0.4, 0.5) is 23.0 Å². The lowest BCUT2D eigenvalue weighted by Gasteiger charge is -2.31. The third-order valence-electron chi connectivity index (χ3n) is 20.0. The second-order valence-electron chi connectivity index (χ2n) is 29.7. The fourth-order valence-corrected chi connectivity index (χ4v) is 21.4. The van der Waals surface area contributed by atoms with Crippen molar-refractivity contribution in [3.05, 3.63) is 124 Å². The van der Waals surface area contributed by atoms with Gasteiger partial charge in [0.15, 0.2) is 6.23 Å². The van der Waals surface area contributed by atoms with E-state index >= 15 is 0 Å². The summed E-state index contributed by atoms with van der Waals surface area (Å²) in [6, 6.07) is 7.67. The first-order chi connectivity index (χ1) is 58.3. The van der Waals surface area contributed by atoms with Gasteiger partial charge in [-0.25, -0.2) is 37.6 Å². The number of phosphoric acid groups is 5. The number of ketones is 1. The molecule has 3 aromatic heterocycles. The van der Waals surface area contributed by atoms with E-state index < -0.39 is 168 Å². The van der Waals surface area contributed by atoms with E-state index in [1.807, 2.05) is 69.9 Å². The highest BCUT2D eigenvalue weighted by atomic mass is 33.1. The largest absolute Gasteiger partial charge is 0.490 e. The van der Waals surface area contributed by atoms with Gasteiger partial charge in [0.05, 0.1) is 52.1 Å². The maximum Gasteiger partial charge on any atom is 0.490 e. The quantitative estimate of drug-likeness (QED) is 0.00641. The Bertz CT molecular complexity index is 5640. The van der Waals surface area contributed by atoms with Crippen LogP contribution in [-0.4, -0.2) is 216 Å². The molecule has 7 heterocycles. The van der Waals surface area contributed by atoms with E-state index in [-0.39, 0.29) is 94.2 Å². The van der Waals surface area contributed by atoms with Crippen LogP contribution in [0.3, 0.4) is 0 Å². The summed E-state index contributed by atoms with van der Waals surface area (Å²) < 4.78 is 162. The number of ether oxygens (including phenoxy) is 2. The number of nitrogen functional groups attached to an aromatic ring is 2. The Morgan fingerprint density at radius 2 is 1.36 bits per heavy atom. The maximum absolute atomic E-state index is 14.0. The molecule has 2 saturated heterocycles. The Morgan fingerprint density at radius 1 is 0.704 bits per heavy atom. The summed E-state index contributed by atoms with van der Waals surface area (Å²) >= 11 is 0. The molecular formula is C71H95N12O33P5S4. The molecule has 4 aliphatic heterocycles. The van der Waals surface area contributed by atoms with Crippen LogP contribution in [0, 0.1) is 23.7 Å². The first kappa shape index (κ1) is 101. The number of hydrogen-bond acceptors (Lipinski definition) is 32. The Hall–Kier alpha value is -7.45. The molecule has 125 heavy (non-hydrogen) atoms. The molecule has 0 spiro atoms. The minimum atomic E-state index is -5.90. The van der Waals surface area contributed by atoms with Crippen LogP contribution < -0.4 is 42.9 Å². The van der Waals surface area contributed by atoms with Crippen LogP contribution in [0.5, 0.6) is 0 Å². The summed E-state index contributed by atoms with van der Waals surface area (Å²) in [5.74, 6) is 8.65. The van der Waals surface area contributed by atoms with Crippen molar-refractivity contribution in [2.45, 2.75) is 181 Å². The number of phosphoric ester groups is 3. The summed E-state index contributed by atoms with van der Waals surface area (Å²) in [7, 11) is -34.1. The Balaban J connectivity index is 0.799. The standard InChI is InChI=1S/C71H95N12O33P5S4/c1-6-80-51-28-26-46(124(104,105)106)34-48(51)70(2,3)56(80)20-10-7-11-21-57-71(4,5)49-35-47(125(107,108)109)27-29-52(49)81(57)32-15-9-13-23-59(86)78-50(67(89)75-30-14-8-12-22-58(85)74-31-16-18-44-38-82(69(90)79-64(44)72)60-36-53(114-118(94,95)96)54(112-60)39-110-117(91,92)93)41-123-122-33-17-19-45(84)25-24-43-37-83(66-61(43)65(73)76-42-77-66)68-63(88)62(87)55(113-68)40-111-120(100,101)116-121(102,103)115-119(97,98)99/h7,10-11,20-21,26-29,34-35,37-38,42,50,53-56,60,62-63,68,87-88H,6,8-9,12-15,17,19,22-23,30-33,36,39-41H2,1-5H3,(H,74,85)(H,75,89)(H,78,86)(H,100,101)(H,102,103)(H2,72,79,90)(H2,73,76,77)(H2,91,92,93)(H2,94,95,96)(H2,97,98,99)(H,104,105,106)(H,107,108,109)/b11-7+,20-10+,57-21+. The van der Waals surface area contributed by atoms with Gasteiger partial charge in [-0.2, -0.15) is 30.4 Å². The van der Waals surface area contributed by atoms with Crippen LogP contribution >= 0.6 is 60.7 Å². The fourth-order valence-electron chi connectivity index (χ4n) is 14.2. The minimum absolute atomic E-state index is 0.00519. The van der Waals surface area contributed by atoms with Gasteiger partial charge in [0.25, 0.3) is 20.2 Å². The van der Waals surface area contributed by atoms with E-state index in [4.69, 9.17) is 35.3 Å². The third-order valence-corrected chi connectivity index (χ3v) is 29.1. The van der Waals surface area contributed by atoms with Crippen molar-refractivity contribution in [2.24, 2.45) is 0 Å². The molecule has 0 saturated carbocycles. The zero-order valence-electron chi connectivity index (χ0n) is 67.3. The SMILES string of the molecule is CCN1c2ccc(S(=O)(=O)O)cc2C(C)(C)C1/C=C/C=C/C=C1/N(CCCCCC(=O)NC(CSSCCCC(=O)C#Cc2cn(C3OC(COP(=O)(O)OP(=O)(O)OP(=O)(O)O)C(O)C3O)c3ncnc(N)c23)C(=O)NCCCCCC(=O)NCC#Cc2cn(C3CC(OP(=O)(O)O)C(COP(=O)(O)O)O3)c(=O)nc2N)c2ccc(S(=O)(=O)O)cc2C1(C)C. The number of carbonyl (C=O) groups excluding carboxylic acids is 4. The van der Waals surface area contributed by atoms with Crippen molar-refractivity contribution in [2.75, 3.05) is 72.2 Å². The zero-order valence-corrected chi connectivity index (χ0v) is 75.0. The van der Waals surface area contributed by atoms with E-state index in [0.29, 0.717) is 68.6 Å². The molecule has 5 aromatic rings. The van der Waals surface area contributed by atoms with Crippen LogP contribution in [0.15, 0.2) is 106 Å². The van der Waals surface area contributed by atoms with Crippen molar-refractivity contribution in [3.8, 4) is 23.7 Å². The number of likely N-dealkylation sites (N-methyl/N-ethyl adjacent to an activating group) is 1. The highest BCUT2D eigenvalue weighted by Gasteiger charge is 2.49. The Labute approximate surface area is 724 Å². The molecule has 3 amide bonds. The van der Waals surface area contributed by atoms with Crippen LogP contribution in [0.2, 0.25) is 0 Å². The molecule has 686 valence electrons. The van der Waals surface area contributed by atoms with Crippen LogP contribution in [0.1, 0.15) is 140 Å². The predicted molar refractivity (Wildman–Crippen MR) is 451 cm³/mol. The number of fused-ring (bicyclic) bond motifs is 3. The van der Waals surface area contributed by atoms with Gasteiger partial charge in [0.1, 0.15) is 66.4 Å². The van der Waals surface area contributed by atoms with Gasteiger partial charge in [0.2, 0.25) is 23.5 Å². The second kappa shape index (κ2) is 42.4. The smallest absolute Gasteiger partial charge is 0.387 e. The number of nitrogens with zero attached hydrogens (tertiary/aromatic N) is 7. The minimum Gasteiger partial charge on any atom is -0.387 e. The van der Waals surface area contributed by atoms with Crippen molar-refractivity contribution < 1.29 is 149 Å². The van der Waals surface area contributed by atoms with E-state index in [0.717, 1.165) is 38.6 Å². The van der Waals surface area contributed by atoms with E-state index in [2.05, 4.69) is 77.2 Å². The second-order valence-corrected chi connectivity index (χ2v) is 42.0. The number of allylic oxidation sites excluding steroid dienone is 5. The summed E-state index contributed by atoms with van der Waals surface area (Å²) in [6.45, 7) is 8.76. The van der Waals surface area contributed by atoms with Crippen molar-refractivity contribution in [3.63, 3.8) is 0 Å². The van der Waals surface area contributed by atoms with Crippen molar-refractivity contribution in [1.82, 2.24) is 40.0 Å². The number of hydrogen-bond donors (Lipinski definition) is 17. The van der Waals surface area contributed by atoms with E-state index in [1.165, 1.54) is 52.1 Å². The van der Waals surface area contributed by atoms with Crippen LogP contribution in [0.25, 0.3) is 11.0 Å². The number of nitrogens with one attached hydrogen (secondary N) is 3. The predicted octanol–water partition coefficient (Wildman–Crippen LogP) is 4.44. The molecule has 0 aliphatic carbocycles. The summed E-state index contributed by atoms with van der Waals surface area (Å²) in [4.78, 5) is 157. The first-order valence-electron chi connectivity index (χ1n) is 38.1. The van der Waals surface area contributed by atoms with Gasteiger partial charge in [-0.1, -0.05) is 104 Å². The first-order valence-corrected chi connectivity index (χ1v) is 51.1. The molecule has 2 fully saturated rings. The number of amides is 3. The van der Waals surface area contributed by atoms with Crippen molar-refractivity contribution in [1.29, 1.82) is 0 Å². The van der Waals surface area contributed by atoms with Gasteiger partial charge in [-0.3, -0.25) is 46.4 Å². The normalized spacial score (nSPS) is 21.6. The highest BCUT2D eigenvalue weighted by Crippen LogP contribution is 2.66. The van der Waals surface area contributed by atoms with Gasteiger partial charge in [0, 0.05) is 97.1 Å². The lowest BCUT2D eigenvalue weighted by molar-refractivity contribution is -0.128. The number of nitrogens with two attached hydrogens (primary N) is 2. The van der Waals surface area contributed by atoms with Gasteiger partial charge >= 0.3 is 44.8 Å². The average molecular weight is 1930 g/mol. The highest BCUT2D eigenvalue weighted by molar-refractivity contribution is 8.76. The number of Topliss-reactive ketones (excluding diaryl/α,β-unsaturated/α-hetero) is 1. The Morgan fingerprint density at radius 3 is 2.02 bits per heavy atom. The molecule has 0 bridgehead atoms. The zero-order chi connectivity index (χ0) is 92.2. The summed E-state index contributed by atoms with van der Waals surface area (Å²) in [5.41, 5.74) is 13.5. The number of unbranched alkanes of at least 4 members (excludes halogenated alkanes) is 4. The molecule has 4 aliphatic rings. The van der Waals surface area contributed by atoms with Gasteiger partial charge < -0.3 is 101 Å². The van der Waals surface area contributed by atoms with E-state index in [1.54, 1.807) is 12.1 Å². The number of aliphatic hydroxyl groups excluding tert-OH is 2. The molecule has 54 heteroatoms.